The summed E-state index contributed by atoms with van der Waals surface area (Å²) in [5.74, 6) is 0.467. The van der Waals surface area contributed by atoms with E-state index < -0.39 is 0 Å². The quantitative estimate of drug-likeness (QED) is 0.306. The summed E-state index contributed by atoms with van der Waals surface area (Å²) in [4.78, 5) is 27.0. The van der Waals surface area contributed by atoms with Gasteiger partial charge in [-0.2, -0.15) is 4.98 Å². The maximum atomic E-state index is 13.9. The van der Waals surface area contributed by atoms with Crippen LogP contribution in [-0.4, -0.2) is 34.4 Å². The van der Waals surface area contributed by atoms with E-state index in [0.29, 0.717) is 35.1 Å². The number of aliphatic imine (C=N–C) groups is 1. The van der Waals surface area contributed by atoms with Crippen molar-refractivity contribution in [2.45, 2.75) is 6.92 Å². The Morgan fingerprint density at radius 1 is 1.15 bits per heavy atom. The topological polar surface area (TPSA) is 95.4 Å². The number of hydrogen-bond donors (Lipinski definition) is 1. The highest BCUT2D eigenvalue weighted by Gasteiger charge is 2.16. The number of benzene rings is 2. The summed E-state index contributed by atoms with van der Waals surface area (Å²) in [7, 11) is 1.69. The summed E-state index contributed by atoms with van der Waals surface area (Å²) in [6.07, 6.45) is 1.69. The Morgan fingerprint density at radius 3 is 2.85 bits per heavy atom. The molecule has 0 saturated heterocycles. The normalized spacial score (nSPS) is 11.6. The van der Waals surface area contributed by atoms with Crippen LogP contribution in [0.25, 0.3) is 38.1 Å². The fourth-order valence-corrected chi connectivity index (χ4v) is 4.48. The second-order valence-electron chi connectivity index (χ2n) is 7.43. The van der Waals surface area contributed by atoms with Crippen LogP contribution in [0.4, 0.5) is 5.69 Å². The zero-order chi connectivity index (χ0) is 22.9. The van der Waals surface area contributed by atoms with Crippen molar-refractivity contribution >= 4 is 44.5 Å². The average Bonchev–Trinajstić information content (AvgIpc) is 3.29. The number of nitrogen functional groups attached to an aromatic ring is 1. The summed E-state index contributed by atoms with van der Waals surface area (Å²) in [6.45, 7) is 2.38. The number of pyridine rings is 2. The first-order chi connectivity index (χ1) is 16.1. The number of fused-ring (bicyclic) bond motifs is 2. The molecule has 2 aromatic carbocycles. The van der Waals surface area contributed by atoms with E-state index in [4.69, 9.17) is 10.5 Å². The monoisotopic (exact) mass is 455 g/mol. The molecule has 0 aliphatic rings. The lowest BCUT2D eigenvalue weighted by molar-refractivity contribution is 0.328. The average molecular weight is 456 g/mol. The van der Waals surface area contributed by atoms with E-state index in [9.17, 15) is 4.79 Å². The molecule has 0 atom stereocenters. The molecule has 0 amide bonds. The van der Waals surface area contributed by atoms with Gasteiger partial charge < -0.3 is 10.5 Å². The predicted molar refractivity (Wildman–Crippen MR) is 135 cm³/mol. The highest BCUT2D eigenvalue weighted by atomic mass is 32.1. The summed E-state index contributed by atoms with van der Waals surface area (Å²) >= 11 is 1.56. The Morgan fingerprint density at radius 2 is 2.03 bits per heavy atom. The fourth-order valence-electron chi connectivity index (χ4n) is 3.82. The van der Waals surface area contributed by atoms with E-state index in [0.717, 1.165) is 26.7 Å². The van der Waals surface area contributed by atoms with Crippen molar-refractivity contribution in [1.29, 1.82) is 0 Å². The summed E-state index contributed by atoms with van der Waals surface area (Å²) in [5, 5.41) is 0.814. The number of nitrogens with zero attached hydrogens (tertiary/aromatic N) is 4. The first-order valence-electron chi connectivity index (χ1n) is 10.4. The van der Waals surface area contributed by atoms with Crippen LogP contribution in [0.2, 0.25) is 0 Å². The molecule has 3 aromatic heterocycles. The van der Waals surface area contributed by atoms with Crippen LogP contribution < -0.4 is 16.0 Å². The Labute approximate surface area is 193 Å². The molecule has 5 rings (SSSR count). The molecule has 0 aliphatic heterocycles. The van der Waals surface area contributed by atoms with Gasteiger partial charge in [0.05, 0.1) is 28.0 Å². The zero-order valence-electron chi connectivity index (χ0n) is 18.1. The van der Waals surface area contributed by atoms with E-state index in [1.165, 1.54) is 0 Å². The molecule has 0 fully saturated rings. The van der Waals surface area contributed by atoms with Crippen LogP contribution in [-0.2, 0) is 0 Å². The van der Waals surface area contributed by atoms with Gasteiger partial charge in [-0.05, 0) is 55.0 Å². The first-order valence-corrected chi connectivity index (χ1v) is 11.3. The Kier molecular flexibility index (Phi) is 5.35. The third kappa shape index (κ3) is 3.74. The van der Waals surface area contributed by atoms with Gasteiger partial charge in [-0.15, -0.1) is 11.3 Å². The molecule has 0 spiro atoms. The molecule has 164 valence electrons. The SMILES string of the molecule is CCOc1ccc2cc(-c3ccc(N)c(C=NC)c3)c(=O)n(-c3ccc4scnc4c3)c2n1. The van der Waals surface area contributed by atoms with Crippen molar-refractivity contribution in [1.82, 2.24) is 14.5 Å². The lowest BCUT2D eigenvalue weighted by Crippen LogP contribution is -2.21. The molecule has 8 heteroatoms. The van der Waals surface area contributed by atoms with Crippen LogP contribution >= 0.6 is 11.3 Å². The number of hydrogen-bond acceptors (Lipinski definition) is 7. The number of ether oxygens (including phenoxy) is 1. The predicted octanol–water partition coefficient (Wildman–Crippen LogP) is 4.69. The summed E-state index contributed by atoms with van der Waals surface area (Å²) < 4.78 is 8.28. The minimum absolute atomic E-state index is 0.192. The number of aromatic nitrogens is 3. The van der Waals surface area contributed by atoms with E-state index in [-0.39, 0.29) is 5.56 Å². The van der Waals surface area contributed by atoms with Gasteiger partial charge in [0.25, 0.3) is 5.56 Å². The third-order valence-electron chi connectivity index (χ3n) is 5.36. The van der Waals surface area contributed by atoms with Crippen LogP contribution in [0.1, 0.15) is 12.5 Å². The van der Waals surface area contributed by atoms with Gasteiger partial charge >= 0.3 is 0 Å². The van der Waals surface area contributed by atoms with Gasteiger partial charge in [0.15, 0.2) is 5.65 Å². The maximum absolute atomic E-state index is 13.9. The lowest BCUT2D eigenvalue weighted by Gasteiger charge is -2.14. The molecular weight excluding hydrogens is 434 g/mol. The van der Waals surface area contributed by atoms with E-state index in [1.807, 2.05) is 55.5 Å². The largest absolute Gasteiger partial charge is 0.478 e. The van der Waals surface area contributed by atoms with Gasteiger partial charge in [-0.3, -0.25) is 14.4 Å². The van der Waals surface area contributed by atoms with Crippen molar-refractivity contribution < 1.29 is 4.74 Å². The van der Waals surface area contributed by atoms with Gasteiger partial charge in [-0.25, -0.2) is 4.98 Å². The van der Waals surface area contributed by atoms with Crippen molar-refractivity contribution in [3.63, 3.8) is 0 Å². The maximum Gasteiger partial charge on any atom is 0.264 e. The molecule has 0 radical (unpaired) electrons. The van der Waals surface area contributed by atoms with Crippen LogP contribution in [0.15, 0.2) is 69.9 Å². The van der Waals surface area contributed by atoms with Crippen LogP contribution in [0.3, 0.4) is 0 Å². The summed E-state index contributed by atoms with van der Waals surface area (Å²) in [6, 6.07) is 16.9. The highest BCUT2D eigenvalue weighted by molar-refractivity contribution is 7.16. The smallest absolute Gasteiger partial charge is 0.264 e. The second kappa shape index (κ2) is 8.48. The molecule has 0 unspecified atom stereocenters. The fraction of sp³-hybridized carbons (Fsp3) is 0.120. The molecule has 0 aliphatic carbocycles. The zero-order valence-corrected chi connectivity index (χ0v) is 19.0. The first kappa shape index (κ1) is 20.8. The minimum Gasteiger partial charge on any atom is -0.478 e. The molecule has 2 N–H and O–H groups in total. The van der Waals surface area contributed by atoms with Crippen molar-refractivity contribution in [2.75, 3.05) is 19.4 Å². The number of rotatable bonds is 5. The van der Waals surface area contributed by atoms with E-state index >= 15 is 0 Å². The molecule has 0 bridgehead atoms. The third-order valence-corrected chi connectivity index (χ3v) is 6.17. The Bertz CT molecular complexity index is 1590. The van der Waals surface area contributed by atoms with Gasteiger partial charge in [0.1, 0.15) is 0 Å². The second-order valence-corrected chi connectivity index (χ2v) is 8.32. The Hall–Kier alpha value is -4.04. The van der Waals surface area contributed by atoms with Gasteiger partial charge in [-0.1, -0.05) is 6.07 Å². The van der Waals surface area contributed by atoms with Crippen LogP contribution in [0.5, 0.6) is 5.88 Å². The van der Waals surface area contributed by atoms with Crippen molar-refractivity contribution in [3.8, 4) is 22.7 Å². The van der Waals surface area contributed by atoms with E-state index in [2.05, 4.69) is 15.0 Å². The summed E-state index contributed by atoms with van der Waals surface area (Å²) in [5.41, 5.74) is 12.4. The molecule has 3 heterocycles. The number of anilines is 1. The number of nitrogens with two attached hydrogens (primary N) is 1. The standard InChI is InChI=1S/C25H21N5O2S/c1-3-32-23-9-5-16-11-19(15-4-7-20(26)17(10-15)13-27-2)25(31)30(24(16)29-23)18-6-8-22-21(12-18)28-14-33-22/h4-14H,3,26H2,1-2H3. The van der Waals surface area contributed by atoms with Crippen LogP contribution in [0, 0.1) is 0 Å². The molecular formula is C25H21N5O2S. The highest BCUT2D eigenvalue weighted by Crippen LogP contribution is 2.28. The Balaban J connectivity index is 1.82. The van der Waals surface area contributed by atoms with Gasteiger partial charge in [0, 0.05) is 41.5 Å². The van der Waals surface area contributed by atoms with E-state index in [1.54, 1.807) is 40.7 Å². The molecule has 33 heavy (non-hydrogen) atoms. The molecule has 5 aromatic rings. The molecule has 0 saturated carbocycles. The molecule has 7 nitrogen and oxygen atoms in total. The van der Waals surface area contributed by atoms with Crippen molar-refractivity contribution in [3.05, 3.63) is 76.0 Å². The number of thiazole rings is 1. The van der Waals surface area contributed by atoms with Crippen molar-refractivity contribution in [2.24, 2.45) is 4.99 Å². The lowest BCUT2D eigenvalue weighted by atomic mass is 10.0. The minimum atomic E-state index is -0.192. The van der Waals surface area contributed by atoms with Gasteiger partial charge in [0.2, 0.25) is 5.88 Å².